The Balaban J connectivity index is 1.89. The number of hydrogen-bond donors (Lipinski definition) is 1. The van der Waals surface area contributed by atoms with Gasteiger partial charge in [0, 0.05) is 29.9 Å². The molecule has 0 fully saturated rings. The van der Waals surface area contributed by atoms with Crippen molar-refractivity contribution in [1.29, 1.82) is 0 Å². The van der Waals surface area contributed by atoms with Crippen LogP contribution in [0.1, 0.15) is 16.8 Å². The van der Waals surface area contributed by atoms with Crippen molar-refractivity contribution in [3.05, 3.63) is 46.6 Å². The first-order chi connectivity index (χ1) is 10.0. The number of benzene rings is 1. The summed E-state index contributed by atoms with van der Waals surface area (Å²) in [6.45, 7) is 6.20. The van der Waals surface area contributed by atoms with Crippen LogP contribution in [0.4, 0.5) is 10.8 Å². The highest BCUT2D eigenvalue weighted by Crippen LogP contribution is 2.29. The average Bonchev–Trinajstić information content (AvgIpc) is 3.00. The van der Waals surface area contributed by atoms with E-state index >= 15 is 0 Å². The standard InChI is InChI=1S/C16H18N4S/c1-10-5-6-11(2)14(7-10)17-16-18-15(9-21-16)13-8-20(4)19-12(13)3/h5-9H,1-4H3,(H,17,18). The van der Waals surface area contributed by atoms with E-state index < -0.39 is 0 Å². The first-order valence-electron chi connectivity index (χ1n) is 6.83. The van der Waals surface area contributed by atoms with Crippen molar-refractivity contribution in [2.75, 3.05) is 5.32 Å². The second-order valence-corrected chi connectivity index (χ2v) is 6.14. The third kappa shape index (κ3) is 2.83. The number of aromatic nitrogens is 3. The number of aryl methyl sites for hydroxylation is 4. The molecule has 0 saturated carbocycles. The summed E-state index contributed by atoms with van der Waals surface area (Å²) in [5.74, 6) is 0. The SMILES string of the molecule is Cc1ccc(C)c(Nc2nc(-c3cn(C)nc3C)cs2)c1. The summed E-state index contributed by atoms with van der Waals surface area (Å²) in [6, 6.07) is 6.38. The maximum Gasteiger partial charge on any atom is 0.187 e. The molecule has 0 spiro atoms. The van der Waals surface area contributed by atoms with E-state index in [1.165, 1.54) is 11.1 Å². The lowest BCUT2D eigenvalue weighted by molar-refractivity contribution is 0.756. The lowest BCUT2D eigenvalue weighted by Gasteiger charge is -2.07. The van der Waals surface area contributed by atoms with Gasteiger partial charge in [0.15, 0.2) is 5.13 Å². The summed E-state index contributed by atoms with van der Waals surface area (Å²) < 4.78 is 1.82. The van der Waals surface area contributed by atoms with E-state index in [0.29, 0.717) is 0 Å². The molecule has 1 N–H and O–H groups in total. The molecule has 0 aliphatic rings. The highest BCUT2D eigenvalue weighted by Gasteiger charge is 2.11. The van der Waals surface area contributed by atoms with E-state index in [-0.39, 0.29) is 0 Å². The second-order valence-electron chi connectivity index (χ2n) is 5.28. The molecule has 3 aromatic rings. The Bertz CT molecular complexity index is 785. The van der Waals surface area contributed by atoms with Gasteiger partial charge in [0.2, 0.25) is 0 Å². The Kier molecular flexibility index (Phi) is 3.51. The molecule has 4 nitrogen and oxygen atoms in total. The third-order valence-corrected chi connectivity index (χ3v) is 4.19. The first kappa shape index (κ1) is 13.8. The van der Waals surface area contributed by atoms with Crippen molar-refractivity contribution in [3.63, 3.8) is 0 Å². The number of hydrogen-bond acceptors (Lipinski definition) is 4. The normalized spacial score (nSPS) is 10.9. The van der Waals surface area contributed by atoms with Gasteiger partial charge in [0.1, 0.15) is 0 Å². The highest BCUT2D eigenvalue weighted by atomic mass is 32.1. The zero-order valence-corrected chi connectivity index (χ0v) is 13.5. The second kappa shape index (κ2) is 5.33. The molecule has 0 saturated heterocycles. The van der Waals surface area contributed by atoms with Crippen molar-refractivity contribution < 1.29 is 0 Å². The van der Waals surface area contributed by atoms with Crippen LogP contribution in [-0.4, -0.2) is 14.8 Å². The van der Waals surface area contributed by atoms with Crippen LogP contribution >= 0.6 is 11.3 Å². The smallest absolute Gasteiger partial charge is 0.187 e. The highest BCUT2D eigenvalue weighted by molar-refractivity contribution is 7.14. The van der Waals surface area contributed by atoms with Crippen LogP contribution in [0, 0.1) is 20.8 Å². The largest absolute Gasteiger partial charge is 0.331 e. The van der Waals surface area contributed by atoms with Gasteiger partial charge >= 0.3 is 0 Å². The van der Waals surface area contributed by atoms with Crippen LogP contribution in [-0.2, 0) is 7.05 Å². The van der Waals surface area contributed by atoms with Crippen LogP contribution < -0.4 is 5.32 Å². The minimum atomic E-state index is 0.905. The van der Waals surface area contributed by atoms with Crippen molar-refractivity contribution in [2.45, 2.75) is 20.8 Å². The van der Waals surface area contributed by atoms with Crippen molar-refractivity contribution in [1.82, 2.24) is 14.8 Å². The van der Waals surface area contributed by atoms with Gasteiger partial charge in [-0.25, -0.2) is 4.98 Å². The fraction of sp³-hybridized carbons (Fsp3) is 0.250. The molecule has 5 heteroatoms. The molecular formula is C16H18N4S. The van der Waals surface area contributed by atoms with Gasteiger partial charge in [0.25, 0.3) is 0 Å². The fourth-order valence-electron chi connectivity index (χ4n) is 2.29. The van der Waals surface area contributed by atoms with Gasteiger partial charge in [-0.15, -0.1) is 11.3 Å². The lowest BCUT2D eigenvalue weighted by Crippen LogP contribution is -1.93. The average molecular weight is 298 g/mol. The molecule has 0 amide bonds. The number of rotatable bonds is 3. The predicted octanol–water partition coefficient (Wildman–Crippen LogP) is 4.21. The fourth-order valence-corrected chi connectivity index (χ4v) is 3.01. The van der Waals surface area contributed by atoms with E-state index in [2.05, 4.69) is 52.8 Å². The molecule has 3 rings (SSSR count). The number of thiazole rings is 1. The Morgan fingerprint density at radius 3 is 2.71 bits per heavy atom. The Morgan fingerprint density at radius 1 is 1.19 bits per heavy atom. The van der Waals surface area contributed by atoms with E-state index in [4.69, 9.17) is 0 Å². The zero-order valence-electron chi connectivity index (χ0n) is 12.6. The van der Waals surface area contributed by atoms with Crippen molar-refractivity contribution in [2.24, 2.45) is 7.05 Å². The summed E-state index contributed by atoms with van der Waals surface area (Å²) in [5, 5.41) is 10.7. The number of nitrogens with one attached hydrogen (secondary N) is 1. The topological polar surface area (TPSA) is 42.7 Å². The summed E-state index contributed by atoms with van der Waals surface area (Å²) in [7, 11) is 1.93. The number of anilines is 2. The Hall–Kier alpha value is -2.14. The van der Waals surface area contributed by atoms with Crippen LogP contribution in [0.2, 0.25) is 0 Å². The van der Waals surface area contributed by atoms with E-state index in [0.717, 1.165) is 27.8 Å². The van der Waals surface area contributed by atoms with E-state index in [1.54, 1.807) is 11.3 Å². The van der Waals surface area contributed by atoms with Crippen LogP contribution in [0.15, 0.2) is 29.8 Å². The third-order valence-electron chi connectivity index (χ3n) is 3.43. The molecule has 0 bridgehead atoms. The van der Waals surface area contributed by atoms with Crippen molar-refractivity contribution in [3.8, 4) is 11.3 Å². The zero-order chi connectivity index (χ0) is 15.0. The maximum absolute atomic E-state index is 4.67. The molecule has 0 unspecified atom stereocenters. The quantitative estimate of drug-likeness (QED) is 0.787. The molecule has 2 aromatic heterocycles. The minimum Gasteiger partial charge on any atom is -0.331 e. The van der Waals surface area contributed by atoms with Gasteiger partial charge in [-0.1, -0.05) is 12.1 Å². The molecule has 0 radical (unpaired) electrons. The van der Waals surface area contributed by atoms with Gasteiger partial charge in [-0.05, 0) is 38.0 Å². The maximum atomic E-state index is 4.67. The summed E-state index contributed by atoms with van der Waals surface area (Å²) in [6.07, 6.45) is 2.01. The molecular weight excluding hydrogens is 280 g/mol. The van der Waals surface area contributed by atoms with Gasteiger partial charge < -0.3 is 5.32 Å². The molecule has 0 atom stereocenters. The lowest BCUT2D eigenvalue weighted by atomic mass is 10.1. The van der Waals surface area contributed by atoms with E-state index in [9.17, 15) is 0 Å². The molecule has 2 heterocycles. The van der Waals surface area contributed by atoms with Gasteiger partial charge in [-0.3, -0.25) is 4.68 Å². The monoisotopic (exact) mass is 298 g/mol. The summed E-state index contributed by atoms with van der Waals surface area (Å²) in [4.78, 5) is 4.67. The molecule has 108 valence electrons. The summed E-state index contributed by atoms with van der Waals surface area (Å²) in [5.41, 5.74) is 6.62. The molecule has 21 heavy (non-hydrogen) atoms. The van der Waals surface area contributed by atoms with Gasteiger partial charge in [0.05, 0.1) is 11.4 Å². The number of nitrogens with zero attached hydrogens (tertiary/aromatic N) is 3. The molecule has 1 aromatic carbocycles. The minimum absolute atomic E-state index is 0.905. The first-order valence-corrected chi connectivity index (χ1v) is 7.71. The van der Waals surface area contributed by atoms with Gasteiger partial charge in [-0.2, -0.15) is 5.10 Å². The Labute approximate surface area is 128 Å². The Morgan fingerprint density at radius 2 is 2.00 bits per heavy atom. The van der Waals surface area contributed by atoms with Crippen LogP contribution in [0.5, 0.6) is 0 Å². The molecule has 0 aliphatic carbocycles. The van der Waals surface area contributed by atoms with Crippen LogP contribution in [0.25, 0.3) is 11.3 Å². The summed E-state index contributed by atoms with van der Waals surface area (Å²) >= 11 is 1.61. The predicted molar refractivity (Wildman–Crippen MR) is 88.3 cm³/mol. The molecule has 0 aliphatic heterocycles. The van der Waals surface area contributed by atoms with E-state index in [1.807, 2.05) is 24.9 Å². The van der Waals surface area contributed by atoms with Crippen molar-refractivity contribution >= 4 is 22.2 Å². The van der Waals surface area contributed by atoms with Crippen LogP contribution in [0.3, 0.4) is 0 Å².